The Bertz CT molecular complexity index is 344. The molecule has 0 spiro atoms. The molecule has 0 bridgehead atoms. The second-order valence-corrected chi connectivity index (χ2v) is 3.81. The number of alkyl halides is 2. The van der Waals surface area contributed by atoms with Gasteiger partial charge in [0.25, 0.3) is 0 Å². The number of nitrogens with zero attached hydrogens (tertiary/aromatic N) is 1. The molecule has 0 aliphatic heterocycles. The summed E-state index contributed by atoms with van der Waals surface area (Å²) in [6.45, 7) is 0. The van der Waals surface area contributed by atoms with Gasteiger partial charge in [-0.3, -0.25) is 0 Å². The Morgan fingerprint density at radius 3 is 2.64 bits per heavy atom. The molecule has 0 fully saturated rings. The van der Waals surface area contributed by atoms with Crippen LogP contribution >= 0.6 is 23.4 Å². The molecular weight excluding hydrogens is 236 g/mol. The van der Waals surface area contributed by atoms with E-state index in [9.17, 15) is 13.6 Å². The van der Waals surface area contributed by atoms with E-state index >= 15 is 0 Å². The van der Waals surface area contributed by atoms with Crippen LogP contribution in [-0.2, 0) is 4.79 Å². The largest absolute Gasteiger partial charge is 0.476 e. The maximum absolute atomic E-state index is 12.6. The highest BCUT2D eigenvalue weighted by Gasteiger charge is 2.40. The Morgan fingerprint density at radius 2 is 2.21 bits per heavy atom. The number of carboxylic acid groups (broad SMARTS) is 1. The van der Waals surface area contributed by atoms with Gasteiger partial charge in [0.15, 0.2) is 0 Å². The van der Waals surface area contributed by atoms with Gasteiger partial charge in [-0.15, -0.1) is 0 Å². The molecule has 0 radical (unpaired) electrons. The number of hydrogen-bond donors (Lipinski definition) is 1. The van der Waals surface area contributed by atoms with E-state index in [0.29, 0.717) is 5.02 Å². The number of halogens is 3. The molecule has 0 aliphatic rings. The van der Waals surface area contributed by atoms with Crippen LogP contribution in [0.15, 0.2) is 23.4 Å². The first-order valence-electron chi connectivity index (χ1n) is 3.33. The number of rotatable bonds is 3. The number of aromatic nitrogens is 1. The van der Waals surface area contributed by atoms with Crippen molar-refractivity contribution in [2.45, 2.75) is 10.3 Å². The van der Waals surface area contributed by atoms with Gasteiger partial charge in [-0.1, -0.05) is 11.6 Å². The zero-order valence-corrected chi connectivity index (χ0v) is 8.15. The average Bonchev–Trinajstić information content (AvgIpc) is 2.08. The summed E-state index contributed by atoms with van der Waals surface area (Å²) in [5, 5.41) is 4.46. The molecule has 1 aromatic rings. The Labute approximate surface area is 87.1 Å². The van der Waals surface area contributed by atoms with Crippen molar-refractivity contribution in [1.29, 1.82) is 0 Å². The molecule has 76 valence electrons. The van der Waals surface area contributed by atoms with E-state index in [1.165, 1.54) is 18.3 Å². The number of pyridine rings is 1. The normalized spacial score (nSPS) is 11.4. The van der Waals surface area contributed by atoms with E-state index in [-0.39, 0.29) is 16.8 Å². The fraction of sp³-hybridized carbons (Fsp3) is 0.143. The van der Waals surface area contributed by atoms with E-state index in [1.54, 1.807) is 0 Å². The summed E-state index contributed by atoms with van der Waals surface area (Å²) in [6, 6.07) is 2.58. The molecule has 1 heterocycles. The van der Waals surface area contributed by atoms with Crippen molar-refractivity contribution >= 4 is 29.3 Å². The van der Waals surface area contributed by atoms with Gasteiger partial charge in [-0.05, 0) is 23.9 Å². The molecule has 3 nitrogen and oxygen atoms in total. The maximum Gasteiger partial charge on any atom is 0.394 e. The van der Waals surface area contributed by atoms with Crippen LogP contribution in [0.5, 0.6) is 0 Å². The van der Waals surface area contributed by atoms with Gasteiger partial charge in [0.05, 0.1) is 5.02 Å². The number of carboxylic acids is 1. The first-order valence-corrected chi connectivity index (χ1v) is 4.53. The van der Waals surface area contributed by atoms with Gasteiger partial charge in [-0.2, -0.15) is 8.78 Å². The van der Waals surface area contributed by atoms with Crippen molar-refractivity contribution < 1.29 is 18.7 Å². The standard InChI is InChI=1S/C7H4ClF2NO2S/c8-4-1-2-5(11-3-4)14-7(9,10)6(12)13/h1-3H,(H,12,13). The lowest BCUT2D eigenvalue weighted by Crippen LogP contribution is -2.23. The summed E-state index contributed by atoms with van der Waals surface area (Å²) in [5.41, 5.74) is 0. The summed E-state index contributed by atoms with van der Waals surface area (Å²) in [6.07, 6.45) is 1.17. The monoisotopic (exact) mass is 239 g/mol. The minimum Gasteiger partial charge on any atom is -0.476 e. The number of carbonyl (C=O) groups is 1. The maximum atomic E-state index is 12.6. The van der Waals surface area contributed by atoms with Crippen molar-refractivity contribution in [1.82, 2.24) is 4.98 Å². The predicted octanol–water partition coefficient (Wildman–Crippen LogP) is 2.50. The van der Waals surface area contributed by atoms with Crippen LogP contribution < -0.4 is 0 Å². The Balaban J connectivity index is 2.79. The number of aliphatic carboxylic acids is 1. The van der Waals surface area contributed by atoms with E-state index in [2.05, 4.69) is 4.98 Å². The lowest BCUT2D eigenvalue weighted by atomic mass is 10.5. The van der Waals surface area contributed by atoms with Crippen molar-refractivity contribution in [3.05, 3.63) is 23.4 Å². The lowest BCUT2D eigenvalue weighted by Gasteiger charge is -2.08. The lowest BCUT2D eigenvalue weighted by molar-refractivity contribution is -0.152. The number of hydrogen-bond acceptors (Lipinski definition) is 3. The fourth-order valence-corrected chi connectivity index (χ4v) is 1.30. The average molecular weight is 240 g/mol. The summed E-state index contributed by atoms with van der Waals surface area (Å²) in [7, 11) is 0. The molecule has 14 heavy (non-hydrogen) atoms. The van der Waals surface area contributed by atoms with E-state index in [1.807, 2.05) is 0 Å². The minimum absolute atomic E-state index is 0.0956. The topological polar surface area (TPSA) is 50.2 Å². The molecule has 0 unspecified atom stereocenters. The van der Waals surface area contributed by atoms with Crippen LogP contribution in [-0.4, -0.2) is 21.3 Å². The Morgan fingerprint density at radius 1 is 1.57 bits per heavy atom. The Kier molecular flexibility index (Phi) is 3.28. The summed E-state index contributed by atoms with van der Waals surface area (Å²) >= 11 is 5.33. The molecule has 1 rings (SSSR count). The number of thioether (sulfide) groups is 1. The Hall–Kier alpha value is -0.880. The quantitative estimate of drug-likeness (QED) is 0.824. The molecule has 0 saturated heterocycles. The van der Waals surface area contributed by atoms with Gasteiger partial charge in [0.2, 0.25) is 0 Å². The highest BCUT2D eigenvalue weighted by atomic mass is 35.5. The van der Waals surface area contributed by atoms with E-state index in [4.69, 9.17) is 16.7 Å². The highest BCUT2D eigenvalue weighted by molar-refractivity contribution is 8.01. The van der Waals surface area contributed by atoms with Crippen LogP contribution in [0, 0.1) is 0 Å². The first-order chi connectivity index (χ1) is 6.42. The molecule has 1 N–H and O–H groups in total. The highest BCUT2D eigenvalue weighted by Crippen LogP contribution is 2.34. The van der Waals surface area contributed by atoms with Gasteiger partial charge in [-0.25, -0.2) is 9.78 Å². The van der Waals surface area contributed by atoms with Gasteiger partial charge < -0.3 is 5.11 Å². The molecule has 0 saturated carbocycles. The summed E-state index contributed by atoms with van der Waals surface area (Å²) in [4.78, 5) is 13.6. The van der Waals surface area contributed by atoms with Crippen LogP contribution in [0.1, 0.15) is 0 Å². The predicted molar refractivity (Wildman–Crippen MR) is 47.7 cm³/mol. The SMILES string of the molecule is O=C(O)C(F)(F)Sc1ccc(Cl)cn1. The van der Waals surface area contributed by atoms with E-state index in [0.717, 1.165) is 0 Å². The van der Waals surface area contributed by atoms with Crippen LogP contribution in [0.3, 0.4) is 0 Å². The molecule has 0 amide bonds. The first kappa shape index (κ1) is 11.2. The molecule has 1 aromatic heterocycles. The second-order valence-electron chi connectivity index (χ2n) is 2.24. The molecule has 0 atom stereocenters. The second kappa shape index (κ2) is 4.10. The fourth-order valence-electron chi connectivity index (χ4n) is 0.598. The van der Waals surface area contributed by atoms with Crippen LogP contribution in [0.2, 0.25) is 5.02 Å². The third kappa shape index (κ3) is 2.81. The summed E-state index contributed by atoms with van der Waals surface area (Å²) < 4.78 is 25.2. The third-order valence-corrected chi connectivity index (χ3v) is 2.29. The van der Waals surface area contributed by atoms with Crippen molar-refractivity contribution in [3.8, 4) is 0 Å². The molecule has 0 aliphatic carbocycles. The van der Waals surface area contributed by atoms with Crippen LogP contribution in [0.25, 0.3) is 0 Å². The van der Waals surface area contributed by atoms with Crippen molar-refractivity contribution in [2.75, 3.05) is 0 Å². The van der Waals surface area contributed by atoms with Gasteiger partial charge >= 0.3 is 11.2 Å². The van der Waals surface area contributed by atoms with Gasteiger partial charge in [0, 0.05) is 6.20 Å². The molecule has 7 heteroatoms. The molecule has 0 aromatic carbocycles. The van der Waals surface area contributed by atoms with Crippen molar-refractivity contribution in [2.24, 2.45) is 0 Å². The minimum atomic E-state index is -3.87. The smallest absolute Gasteiger partial charge is 0.394 e. The molecular formula is C7H4ClF2NO2S. The van der Waals surface area contributed by atoms with Gasteiger partial charge in [0.1, 0.15) is 5.03 Å². The van der Waals surface area contributed by atoms with E-state index < -0.39 is 11.2 Å². The van der Waals surface area contributed by atoms with Crippen LogP contribution in [0.4, 0.5) is 8.78 Å². The third-order valence-electron chi connectivity index (χ3n) is 1.18. The zero-order valence-electron chi connectivity index (χ0n) is 6.58. The van der Waals surface area contributed by atoms with Crippen molar-refractivity contribution in [3.63, 3.8) is 0 Å². The summed E-state index contributed by atoms with van der Waals surface area (Å²) in [5.74, 6) is -2.20. The zero-order chi connectivity index (χ0) is 10.8.